The second-order valence-corrected chi connectivity index (χ2v) is 7.45. The molecule has 0 unspecified atom stereocenters. The van der Waals surface area contributed by atoms with E-state index in [1.807, 2.05) is 35.7 Å². The minimum atomic E-state index is 0.134. The Hall–Kier alpha value is -1.82. The molecule has 2 heterocycles. The summed E-state index contributed by atoms with van der Waals surface area (Å²) in [4.78, 5) is 19.0. The van der Waals surface area contributed by atoms with E-state index in [-0.39, 0.29) is 5.91 Å². The lowest BCUT2D eigenvalue weighted by Crippen LogP contribution is -2.38. The number of H-pyrrole nitrogens is 1. The summed E-state index contributed by atoms with van der Waals surface area (Å²) in [5.74, 6) is 4.34. The number of thioether (sulfide) groups is 1. The third kappa shape index (κ3) is 3.98. The number of hydrogen-bond donors (Lipinski definition) is 1. The molecule has 5 nitrogen and oxygen atoms in total. The van der Waals surface area contributed by atoms with Crippen LogP contribution in [0.3, 0.4) is 0 Å². The van der Waals surface area contributed by atoms with Gasteiger partial charge in [0, 0.05) is 30.3 Å². The Morgan fingerprint density at radius 3 is 2.58 bits per heavy atom. The summed E-state index contributed by atoms with van der Waals surface area (Å²) in [5, 5.41) is 7.16. The van der Waals surface area contributed by atoms with Gasteiger partial charge in [-0.3, -0.25) is 9.89 Å². The Labute approximate surface area is 147 Å². The van der Waals surface area contributed by atoms with Crippen molar-refractivity contribution in [1.82, 2.24) is 20.1 Å². The molecule has 24 heavy (non-hydrogen) atoms. The Kier molecular flexibility index (Phi) is 5.56. The molecule has 0 saturated carbocycles. The molecule has 0 bridgehead atoms. The van der Waals surface area contributed by atoms with E-state index in [0.717, 1.165) is 54.6 Å². The highest BCUT2D eigenvalue weighted by Crippen LogP contribution is 2.26. The molecule has 1 fully saturated rings. The summed E-state index contributed by atoms with van der Waals surface area (Å²) < 4.78 is 0. The fraction of sp³-hybridized carbons (Fsp3) is 0.500. The highest BCUT2D eigenvalue weighted by molar-refractivity contribution is 7.98. The van der Waals surface area contributed by atoms with Crippen LogP contribution < -0.4 is 0 Å². The van der Waals surface area contributed by atoms with Crippen molar-refractivity contribution in [1.29, 1.82) is 0 Å². The average Bonchev–Trinajstić information content (AvgIpc) is 3.06. The summed E-state index contributed by atoms with van der Waals surface area (Å²) in [7, 11) is 0. The quantitative estimate of drug-likeness (QED) is 0.903. The molecular weight excluding hydrogens is 320 g/mol. The standard InChI is InChI=1S/C18H24N4OS/c1-3-24-12-14-4-6-16(7-5-14)18(23)22-10-8-15(9-11-22)17-19-13(2)20-21-17/h4-7,15H,3,8-12H2,1-2H3,(H,19,20,21). The minimum absolute atomic E-state index is 0.134. The zero-order valence-electron chi connectivity index (χ0n) is 14.3. The van der Waals surface area contributed by atoms with Crippen LogP contribution in [0.5, 0.6) is 0 Å². The Balaban J connectivity index is 1.56. The Bertz CT molecular complexity index is 675. The van der Waals surface area contributed by atoms with Crippen LogP contribution in [0.15, 0.2) is 24.3 Å². The first kappa shape index (κ1) is 17.0. The summed E-state index contributed by atoms with van der Waals surface area (Å²) in [6, 6.07) is 8.05. The van der Waals surface area contributed by atoms with Gasteiger partial charge in [-0.05, 0) is 43.2 Å². The topological polar surface area (TPSA) is 61.9 Å². The smallest absolute Gasteiger partial charge is 0.253 e. The van der Waals surface area contributed by atoms with Crippen molar-refractivity contribution in [2.24, 2.45) is 0 Å². The molecule has 0 radical (unpaired) electrons. The van der Waals surface area contributed by atoms with Gasteiger partial charge in [-0.25, -0.2) is 4.98 Å². The highest BCUT2D eigenvalue weighted by Gasteiger charge is 2.26. The second-order valence-electron chi connectivity index (χ2n) is 6.18. The normalized spacial score (nSPS) is 15.7. The van der Waals surface area contributed by atoms with Crippen LogP contribution in [-0.4, -0.2) is 44.8 Å². The molecule has 6 heteroatoms. The van der Waals surface area contributed by atoms with E-state index in [1.165, 1.54) is 5.56 Å². The summed E-state index contributed by atoms with van der Waals surface area (Å²) in [6.07, 6.45) is 1.85. The number of carbonyl (C=O) groups is 1. The SMILES string of the molecule is CCSCc1ccc(C(=O)N2CCC(c3n[nH]c(C)n3)CC2)cc1. The van der Waals surface area contributed by atoms with Crippen LogP contribution in [0.2, 0.25) is 0 Å². The molecule has 1 aromatic heterocycles. The van der Waals surface area contributed by atoms with Gasteiger partial charge in [0.05, 0.1) is 0 Å². The second kappa shape index (κ2) is 7.83. The van der Waals surface area contributed by atoms with Gasteiger partial charge in [-0.2, -0.15) is 16.9 Å². The lowest BCUT2D eigenvalue weighted by molar-refractivity contribution is 0.0711. The van der Waals surface area contributed by atoms with Gasteiger partial charge < -0.3 is 4.90 Å². The number of piperidine rings is 1. The largest absolute Gasteiger partial charge is 0.339 e. The number of rotatable bonds is 5. The first-order chi connectivity index (χ1) is 11.7. The molecule has 0 spiro atoms. The molecule has 0 aliphatic carbocycles. The van der Waals surface area contributed by atoms with Gasteiger partial charge in [0.1, 0.15) is 5.82 Å². The molecule has 0 atom stereocenters. The maximum Gasteiger partial charge on any atom is 0.253 e. The van der Waals surface area contributed by atoms with Crippen molar-refractivity contribution in [2.45, 2.75) is 38.4 Å². The maximum atomic E-state index is 12.7. The molecule has 1 aromatic carbocycles. The summed E-state index contributed by atoms with van der Waals surface area (Å²) >= 11 is 1.89. The zero-order valence-corrected chi connectivity index (χ0v) is 15.1. The summed E-state index contributed by atoms with van der Waals surface area (Å²) in [6.45, 7) is 5.61. The van der Waals surface area contributed by atoms with E-state index in [4.69, 9.17) is 0 Å². The number of carbonyl (C=O) groups excluding carboxylic acids is 1. The number of benzene rings is 1. The molecule has 1 aliphatic rings. The molecule has 3 rings (SSSR count). The third-order valence-corrected chi connectivity index (χ3v) is 5.38. The number of amides is 1. The number of aryl methyl sites for hydroxylation is 1. The highest BCUT2D eigenvalue weighted by atomic mass is 32.2. The van der Waals surface area contributed by atoms with E-state index in [0.29, 0.717) is 5.92 Å². The average molecular weight is 344 g/mol. The van der Waals surface area contributed by atoms with Gasteiger partial charge >= 0.3 is 0 Å². The molecule has 1 N–H and O–H groups in total. The van der Waals surface area contributed by atoms with Gasteiger partial charge in [-0.1, -0.05) is 19.1 Å². The molecule has 1 aliphatic heterocycles. The van der Waals surface area contributed by atoms with Gasteiger partial charge in [-0.15, -0.1) is 0 Å². The van der Waals surface area contributed by atoms with Crippen LogP contribution >= 0.6 is 11.8 Å². The van der Waals surface area contributed by atoms with Crippen LogP contribution in [-0.2, 0) is 5.75 Å². The summed E-state index contributed by atoms with van der Waals surface area (Å²) in [5.41, 5.74) is 2.06. The molecule has 1 amide bonds. The predicted molar refractivity (Wildman–Crippen MR) is 97.3 cm³/mol. The zero-order chi connectivity index (χ0) is 16.9. The van der Waals surface area contributed by atoms with E-state index in [9.17, 15) is 4.79 Å². The predicted octanol–water partition coefficient (Wildman–Crippen LogP) is 3.39. The van der Waals surface area contributed by atoms with Crippen molar-refractivity contribution in [2.75, 3.05) is 18.8 Å². The monoisotopic (exact) mass is 344 g/mol. The van der Waals surface area contributed by atoms with Crippen molar-refractivity contribution in [3.05, 3.63) is 47.0 Å². The van der Waals surface area contributed by atoms with E-state index in [1.54, 1.807) is 0 Å². The lowest BCUT2D eigenvalue weighted by Gasteiger charge is -2.30. The van der Waals surface area contributed by atoms with Crippen molar-refractivity contribution >= 4 is 17.7 Å². The van der Waals surface area contributed by atoms with E-state index in [2.05, 4.69) is 34.2 Å². The van der Waals surface area contributed by atoms with E-state index < -0.39 is 0 Å². The van der Waals surface area contributed by atoms with Crippen LogP contribution in [0.25, 0.3) is 0 Å². The number of hydrogen-bond acceptors (Lipinski definition) is 4. The minimum Gasteiger partial charge on any atom is -0.339 e. The molecule has 2 aromatic rings. The third-order valence-electron chi connectivity index (χ3n) is 4.44. The van der Waals surface area contributed by atoms with E-state index >= 15 is 0 Å². The fourth-order valence-corrected chi connectivity index (χ4v) is 3.66. The Morgan fingerprint density at radius 1 is 1.29 bits per heavy atom. The van der Waals surface area contributed by atoms with Crippen LogP contribution in [0.1, 0.15) is 53.3 Å². The lowest BCUT2D eigenvalue weighted by atomic mass is 9.95. The van der Waals surface area contributed by atoms with Crippen molar-refractivity contribution < 1.29 is 4.79 Å². The first-order valence-corrected chi connectivity index (χ1v) is 9.67. The molecule has 128 valence electrons. The van der Waals surface area contributed by atoms with Crippen molar-refractivity contribution in [3.63, 3.8) is 0 Å². The number of aromatic nitrogens is 3. The van der Waals surface area contributed by atoms with Gasteiger partial charge in [0.15, 0.2) is 5.82 Å². The number of aromatic amines is 1. The maximum absolute atomic E-state index is 12.7. The van der Waals surface area contributed by atoms with Gasteiger partial charge in [0.2, 0.25) is 0 Å². The van der Waals surface area contributed by atoms with Gasteiger partial charge in [0.25, 0.3) is 5.91 Å². The number of likely N-dealkylation sites (tertiary alicyclic amines) is 1. The van der Waals surface area contributed by atoms with Crippen LogP contribution in [0.4, 0.5) is 0 Å². The molecule has 1 saturated heterocycles. The Morgan fingerprint density at radius 2 is 2.00 bits per heavy atom. The number of nitrogens with one attached hydrogen (secondary N) is 1. The fourth-order valence-electron chi connectivity index (χ4n) is 3.03. The van der Waals surface area contributed by atoms with Crippen molar-refractivity contribution in [3.8, 4) is 0 Å². The first-order valence-electron chi connectivity index (χ1n) is 8.52. The van der Waals surface area contributed by atoms with Crippen LogP contribution in [0, 0.1) is 6.92 Å². The molecular formula is C18H24N4OS. The number of nitrogens with zero attached hydrogens (tertiary/aromatic N) is 3.